The lowest BCUT2D eigenvalue weighted by Crippen LogP contribution is -1.98. The summed E-state index contributed by atoms with van der Waals surface area (Å²) in [5, 5.41) is 2.56. The second-order valence-corrected chi connectivity index (χ2v) is 6.04. The van der Waals surface area contributed by atoms with Crippen LogP contribution < -0.4 is 5.73 Å². The van der Waals surface area contributed by atoms with Gasteiger partial charge in [0, 0.05) is 16.3 Å². The molecule has 3 aromatic carbocycles. The van der Waals surface area contributed by atoms with E-state index in [9.17, 15) is 0 Å². The normalized spacial score (nSPS) is 10.9. The zero-order valence-corrected chi connectivity index (χ0v) is 12.3. The Morgan fingerprint density at radius 2 is 1.70 bits per heavy atom. The lowest BCUT2D eigenvalue weighted by Gasteiger charge is -2.09. The highest BCUT2D eigenvalue weighted by Gasteiger charge is 2.04. The number of hydrogen-bond donors (Lipinski definition) is 1. The third-order valence-corrected chi connectivity index (χ3v) is 4.48. The minimum Gasteiger partial charge on any atom is -0.326 e. The van der Waals surface area contributed by atoms with Crippen molar-refractivity contribution in [1.29, 1.82) is 0 Å². The first-order valence-electron chi connectivity index (χ1n) is 6.72. The Balaban J connectivity index is 1.98. The number of nitrogens with two attached hydrogens (primary N) is 1. The predicted molar refractivity (Wildman–Crippen MR) is 87.1 cm³/mol. The lowest BCUT2D eigenvalue weighted by atomic mass is 10.1. The molecule has 100 valence electrons. The van der Waals surface area contributed by atoms with Crippen molar-refractivity contribution >= 4 is 22.5 Å². The Morgan fingerprint density at radius 3 is 2.50 bits per heavy atom. The Morgan fingerprint density at radius 1 is 0.900 bits per heavy atom. The van der Waals surface area contributed by atoms with Gasteiger partial charge in [0.05, 0.1) is 0 Å². The van der Waals surface area contributed by atoms with Crippen LogP contribution in [0.5, 0.6) is 0 Å². The van der Waals surface area contributed by atoms with Gasteiger partial charge in [-0.3, -0.25) is 0 Å². The van der Waals surface area contributed by atoms with Gasteiger partial charge in [0.1, 0.15) is 0 Å². The molecule has 2 heteroatoms. The molecule has 0 aromatic heterocycles. The van der Waals surface area contributed by atoms with E-state index >= 15 is 0 Å². The molecule has 0 amide bonds. The topological polar surface area (TPSA) is 26.0 Å². The van der Waals surface area contributed by atoms with Crippen molar-refractivity contribution in [2.45, 2.75) is 23.3 Å². The third kappa shape index (κ3) is 2.72. The summed E-state index contributed by atoms with van der Waals surface area (Å²) < 4.78 is 0. The largest absolute Gasteiger partial charge is 0.326 e. The lowest BCUT2D eigenvalue weighted by molar-refractivity contribution is 1.02. The molecular weight excluding hydrogens is 262 g/mol. The van der Waals surface area contributed by atoms with Crippen LogP contribution in [0, 0.1) is 6.92 Å². The van der Waals surface area contributed by atoms with Crippen LogP contribution in [-0.2, 0) is 6.54 Å². The predicted octanol–water partition coefficient (Wildman–Crippen LogP) is 4.76. The maximum atomic E-state index is 5.83. The first-order chi connectivity index (χ1) is 9.76. The molecule has 0 atom stereocenters. The van der Waals surface area contributed by atoms with Gasteiger partial charge >= 0.3 is 0 Å². The van der Waals surface area contributed by atoms with Crippen molar-refractivity contribution in [3.05, 3.63) is 71.8 Å². The minimum absolute atomic E-state index is 0.580. The van der Waals surface area contributed by atoms with Gasteiger partial charge in [-0.2, -0.15) is 0 Å². The summed E-state index contributed by atoms with van der Waals surface area (Å²) in [7, 11) is 0. The monoisotopic (exact) mass is 279 g/mol. The Kier molecular flexibility index (Phi) is 3.77. The van der Waals surface area contributed by atoms with Crippen molar-refractivity contribution in [2.75, 3.05) is 0 Å². The number of hydrogen-bond acceptors (Lipinski definition) is 2. The van der Waals surface area contributed by atoms with Crippen molar-refractivity contribution in [3.8, 4) is 0 Å². The SMILES string of the molecule is Cc1ccc(CN)c(Sc2ccc3ccccc3c2)c1. The fourth-order valence-corrected chi connectivity index (χ4v) is 3.39. The molecular formula is C18H17NS. The van der Waals surface area contributed by atoms with E-state index in [0.717, 1.165) is 0 Å². The van der Waals surface area contributed by atoms with Gasteiger partial charge in [0.2, 0.25) is 0 Å². The zero-order chi connectivity index (χ0) is 13.9. The van der Waals surface area contributed by atoms with Gasteiger partial charge in [0.25, 0.3) is 0 Å². The van der Waals surface area contributed by atoms with Gasteiger partial charge in [-0.1, -0.05) is 54.2 Å². The van der Waals surface area contributed by atoms with Crippen LogP contribution >= 0.6 is 11.8 Å². The van der Waals surface area contributed by atoms with E-state index in [4.69, 9.17) is 5.73 Å². The van der Waals surface area contributed by atoms with Gasteiger partial charge in [-0.25, -0.2) is 0 Å². The van der Waals surface area contributed by atoms with E-state index < -0.39 is 0 Å². The molecule has 2 N–H and O–H groups in total. The maximum absolute atomic E-state index is 5.83. The molecule has 0 heterocycles. The van der Waals surface area contributed by atoms with E-state index in [2.05, 4.69) is 67.6 Å². The van der Waals surface area contributed by atoms with Gasteiger partial charge in [0.15, 0.2) is 0 Å². The minimum atomic E-state index is 0.580. The second-order valence-electron chi connectivity index (χ2n) is 4.93. The summed E-state index contributed by atoms with van der Waals surface area (Å²) in [4.78, 5) is 2.51. The molecule has 0 radical (unpaired) electrons. The maximum Gasteiger partial charge on any atom is 0.0189 e. The van der Waals surface area contributed by atoms with E-state index in [-0.39, 0.29) is 0 Å². The molecule has 0 aliphatic rings. The van der Waals surface area contributed by atoms with Gasteiger partial charge in [-0.05, 0) is 47.0 Å². The molecule has 0 unspecified atom stereocenters. The molecule has 1 nitrogen and oxygen atoms in total. The molecule has 3 rings (SSSR count). The van der Waals surface area contributed by atoms with Crippen molar-refractivity contribution in [3.63, 3.8) is 0 Å². The van der Waals surface area contributed by atoms with Crippen LogP contribution in [0.2, 0.25) is 0 Å². The molecule has 0 fully saturated rings. The molecule has 0 saturated carbocycles. The third-order valence-electron chi connectivity index (χ3n) is 3.39. The zero-order valence-electron chi connectivity index (χ0n) is 11.5. The summed E-state index contributed by atoms with van der Waals surface area (Å²) in [6.07, 6.45) is 0. The number of benzene rings is 3. The first-order valence-corrected chi connectivity index (χ1v) is 7.54. The van der Waals surface area contributed by atoms with Crippen LogP contribution in [0.3, 0.4) is 0 Å². The number of fused-ring (bicyclic) bond motifs is 1. The van der Waals surface area contributed by atoms with Crippen molar-refractivity contribution < 1.29 is 0 Å². The second kappa shape index (κ2) is 5.70. The van der Waals surface area contributed by atoms with E-state index in [1.165, 1.54) is 31.7 Å². The summed E-state index contributed by atoms with van der Waals surface area (Å²) in [5.74, 6) is 0. The number of rotatable bonds is 3. The number of aryl methyl sites for hydroxylation is 1. The van der Waals surface area contributed by atoms with E-state index in [1.807, 2.05) is 0 Å². The molecule has 0 aliphatic heterocycles. The summed E-state index contributed by atoms with van der Waals surface area (Å²) in [6, 6.07) is 21.5. The molecule has 0 saturated heterocycles. The Hall–Kier alpha value is -1.77. The Labute approximate surface area is 123 Å². The van der Waals surface area contributed by atoms with Crippen molar-refractivity contribution in [2.24, 2.45) is 5.73 Å². The molecule has 0 aliphatic carbocycles. The highest BCUT2D eigenvalue weighted by Crippen LogP contribution is 2.32. The van der Waals surface area contributed by atoms with Crippen LogP contribution in [0.25, 0.3) is 10.8 Å². The van der Waals surface area contributed by atoms with Crippen LogP contribution in [0.15, 0.2) is 70.5 Å². The van der Waals surface area contributed by atoms with Gasteiger partial charge < -0.3 is 5.73 Å². The van der Waals surface area contributed by atoms with Crippen LogP contribution in [-0.4, -0.2) is 0 Å². The Bertz CT molecular complexity index is 749. The molecule has 0 bridgehead atoms. The first kappa shape index (κ1) is 13.2. The van der Waals surface area contributed by atoms with Crippen LogP contribution in [0.4, 0.5) is 0 Å². The molecule has 3 aromatic rings. The highest BCUT2D eigenvalue weighted by molar-refractivity contribution is 7.99. The molecule has 20 heavy (non-hydrogen) atoms. The summed E-state index contributed by atoms with van der Waals surface area (Å²) >= 11 is 1.79. The van der Waals surface area contributed by atoms with Crippen molar-refractivity contribution in [1.82, 2.24) is 0 Å². The average molecular weight is 279 g/mol. The quantitative estimate of drug-likeness (QED) is 0.748. The molecule has 0 spiro atoms. The standard InChI is InChI=1S/C18H17NS/c1-13-6-7-16(12-19)18(10-13)20-17-9-8-14-4-2-3-5-15(14)11-17/h2-11H,12,19H2,1H3. The highest BCUT2D eigenvalue weighted by atomic mass is 32.2. The van der Waals surface area contributed by atoms with Gasteiger partial charge in [-0.15, -0.1) is 0 Å². The smallest absolute Gasteiger partial charge is 0.0189 e. The van der Waals surface area contributed by atoms with E-state index in [0.29, 0.717) is 6.54 Å². The fraction of sp³-hybridized carbons (Fsp3) is 0.111. The summed E-state index contributed by atoms with van der Waals surface area (Å²) in [6.45, 7) is 2.70. The summed E-state index contributed by atoms with van der Waals surface area (Å²) in [5.41, 5.74) is 8.30. The van der Waals surface area contributed by atoms with Crippen LogP contribution in [0.1, 0.15) is 11.1 Å². The fourth-order valence-electron chi connectivity index (χ4n) is 2.28. The van der Waals surface area contributed by atoms with E-state index in [1.54, 1.807) is 11.8 Å². The average Bonchev–Trinajstić information content (AvgIpc) is 2.47.